The van der Waals surface area contributed by atoms with Crippen molar-refractivity contribution in [3.63, 3.8) is 0 Å². The van der Waals surface area contributed by atoms with Crippen molar-refractivity contribution >= 4 is 17.3 Å². The Morgan fingerprint density at radius 1 is 1.58 bits per heavy atom. The van der Waals surface area contributed by atoms with Crippen molar-refractivity contribution in [2.24, 2.45) is 5.92 Å². The van der Waals surface area contributed by atoms with Crippen molar-refractivity contribution < 1.29 is 14.3 Å². The van der Waals surface area contributed by atoms with Crippen LogP contribution in [-0.4, -0.2) is 19.7 Å². The first-order chi connectivity index (χ1) is 9.15. The molecule has 1 aromatic rings. The monoisotopic (exact) mass is 282 g/mol. The standard InChI is InChI=1S/C15H22O3S/c1-4-18-13-6-5-7-14-12(13)9-11(19-14)8-10(2)15(16)17-3/h9-10,13H,4-8H2,1-3H3. The van der Waals surface area contributed by atoms with Crippen molar-refractivity contribution in [3.8, 4) is 0 Å². The molecule has 0 bridgehead atoms. The normalized spacial score (nSPS) is 19.8. The molecule has 0 amide bonds. The molecule has 0 saturated carbocycles. The van der Waals surface area contributed by atoms with E-state index in [-0.39, 0.29) is 18.0 Å². The van der Waals surface area contributed by atoms with E-state index in [1.54, 1.807) is 0 Å². The van der Waals surface area contributed by atoms with Crippen molar-refractivity contribution in [3.05, 3.63) is 21.4 Å². The van der Waals surface area contributed by atoms with Gasteiger partial charge in [0.1, 0.15) is 0 Å². The van der Waals surface area contributed by atoms with Gasteiger partial charge in [0.15, 0.2) is 0 Å². The first-order valence-corrected chi connectivity index (χ1v) is 7.78. The molecule has 2 atom stereocenters. The summed E-state index contributed by atoms with van der Waals surface area (Å²) in [5.41, 5.74) is 1.35. The van der Waals surface area contributed by atoms with E-state index in [2.05, 4.69) is 6.07 Å². The van der Waals surface area contributed by atoms with E-state index < -0.39 is 0 Å². The van der Waals surface area contributed by atoms with E-state index in [4.69, 9.17) is 9.47 Å². The Morgan fingerprint density at radius 3 is 3.05 bits per heavy atom. The van der Waals surface area contributed by atoms with E-state index in [0.29, 0.717) is 0 Å². The Hall–Kier alpha value is -0.870. The molecule has 106 valence electrons. The molecular formula is C15H22O3S. The summed E-state index contributed by atoms with van der Waals surface area (Å²) in [6, 6.07) is 2.24. The van der Waals surface area contributed by atoms with Gasteiger partial charge in [-0.2, -0.15) is 0 Å². The highest BCUT2D eigenvalue weighted by atomic mass is 32.1. The molecule has 0 fully saturated rings. The summed E-state index contributed by atoms with van der Waals surface area (Å²) >= 11 is 1.83. The summed E-state index contributed by atoms with van der Waals surface area (Å²) in [6.45, 7) is 4.72. The van der Waals surface area contributed by atoms with Crippen LogP contribution in [0.5, 0.6) is 0 Å². The van der Waals surface area contributed by atoms with Crippen LogP contribution in [0.25, 0.3) is 0 Å². The minimum Gasteiger partial charge on any atom is -0.469 e. The molecule has 0 spiro atoms. The lowest BCUT2D eigenvalue weighted by Crippen LogP contribution is -2.14. The zero-order valence-corrected chi connectivity index (χ0v) is 12.7. The molecule has 1 heterocycles. The number of methoxy groups -OCH3 is 1. The topological polar surface area (TPSA) is 35.5 Å². The van der Waals surface area contributed by atoms with Gasteiger partial charge in [-0.25, -0.2) is 0 Å². The predicted molar refractivity (Wildman–Crippen MR) is 76.5 cm³/mol. The number of thiophene rings is 1. The lowest BCUT2D eigenvalue weighted by molar-refractivity contribution is -0.144. The molecule has 0 aliphatic heterocycles. The zero-order valence-electron chi connectivity index (χ0n) is 11.9. The number of aryl methyl sites for hydroxylation is 1. The van der Waals surface area contributed by atoms with E-state index in [9.17, 15) is 4.79 Å². The van der Waals surface area contributed by atoms with E-state index in [1.807, 2.05) is 25.2 Å². The maximum atomic E-state index is 11.5. The molecule has 1 aromatic heterocycles. The molecule has 2 rings (SSSR count). The smallest absolute Gasteiger partial charge is 0.308 e. The van der Waals surface area contributed by atoms with Crippen LogP contribution in [0.1, 0.15) is 48.1 Å². The molecule has 19 heavy (non-hydrogen) atoms. The number of carbonyl (C=O) groups excluding carboxylic acids is 1. The quantitative estimate of drug-likeness (QED) is 0.775. The lowest BCUT2D eigenvalue weighted by atomic mass is 9.95. The average molecular weight is 282 g/mol. The Kier molecular flexibility index (Phi) is 4.99. The Bertz CT molecular complexity index is 439. The van der Waals surface area contributed by atoms with Gasteiger partial charge >= 0.3 is 5.97 Å². The third-order valence-electron chi connectivity index (χ3n) is 3.59. The van der Waals surface area contributed by atoms with Crippen LogP contribution in [0.2, 0.25) is 0 Å². The summed E-state index contributed by atoms with van der Waals surface area (Å²) < 4.78 is 10.6. The SMILES string of the molecule is CCOC1CCCc2sc(CC(C)C(=O)OC)cc21. The molecule has 1 aliphatic rings. The van der Waals surface area contributed by atoms with Gasteiger partial charge in [0.25, 0.3) is 0 Å². The Morgan fingerprint density at radius 2 is 2.37 bits per heavy atom. The second-order valence-corrected chi connectivity index (χ2v) is 6.28. The first kappa shape index (κ1) is 14.5. The number of ether oxygens (including phenoxy) is 2. The fraction of sp³-hybridized carbons (Fsp3) is 0.667. The van der Waals surface area contributed by atoms with Crippen LogP contribution in [0.4, 0.5) is 0 Å². The fourth-order valence-electron chi connectivity index (χ4n) is 2.63. The third kappa shape index (κ3) is 3.37. The maximum absolute atomic E-state index is 11.5. The number of fused-ring (bicyclic) bond motifs is 1. The molecular weight excluding hydrogens is 260 g/mol. The van der Waals surface area contributed by atoms with Crippen LogP contribution in [0, 0.1) is 5.92 Å². The molecule has 2 unspecified atom stereocenters. The van der Waals surface area contributed by atoms with Gasteiger partial charge in [0.2, 0.25) is 0 Å². The van der Waals surface area contributed by atoms with Crippen LogP contribution in [0.3, 0.4) is 0 Å². The minimum atomic E-state index is -0.132. The summed E-state index contributed by atoms with van der Waals surface area (Å²) in [7, 11) is 1.45. The largest absolute Gasteiger partial charge is 0.469 e. The molecule has 3 nitrogen and oxygen atoms in total. The highest BCUT2D eigenvalue weighted by Gasteiger charge is 2.24. The molecule has 0 N–H and O–H groups in total. The Labute approximate surface area is 118 Å². The fourth-order valence-corrected chi connectivity index (χ4v) is 4.02. The van der Waals surface area contributed by atoms with Gasteiger partial charge in [-0.15, -0.1) is 11.3 Å². The van der Waals surface area contributed by atoms with Gasteiger partial charge in [0.05, 0.1) is 19.1 Å². The van der Waals surface area contributed by atoms with E-state index >= 15 is 0 Å². The van der Waals surface area contributed by atoms with Crippen molar-refractivity contribution in [1.29, 1.82) is 0 Å². The van der Waals surface area contributed by atoms with Crippen LogP contribution in [-0.2, 0) is 27.1 Å². The number of hydrogen-bond acceptors (Lipinski definition) is 4. The van der Waals surface area contributed by atoms with Gasteiger partial charge < -0.3 is 9.47 Å². The summed E-state index contributed by atoms with van der Waals surface area (Å²) in [5, 5.41) is 0. The van der Waals surface area contributed by atoms with E-state index in [0.717, 1.165) is 25.9 Å². The number of hydrogen-bond donors (Lipinski definition) is 0. The molecule has 1 aliphatic carbocycles. The average Bonchev–Trinajstić information content (AvgIpc) is 2.81. The van der Waals surface area contributed by atoms with Crippen LogP contribution < -0.4 is 0 Å². The first-order valence-electron chi connectivity index (χ1n) is 6.96. The molecule has 0 radical (unpaired) electrons. The summed E-state index contributed by atoms with van der Waals surface area (Å²) in [6.07, 6.45) is 4.49. The summed E-state index contributed by atoms with van der Waals surface area (Å²) in [5.74, 6) is -0.205. The van der Waals surface area contributed by atoms with Gasteiger partial charge in [-0.1, -0.05) is 6.92 Å². The van der Waals surface area contributed by atoms with Crippen molar-refractivity contribution in [2.75, 3.05) is 13.7 Å². The van der Waals surface area contributed by atoms with Crippen LogP contribution >= 0.6 is 11.3 Å². The third-order valence-corrected chi connectivity index (χ3v) is 4.82. The zero-order chi connectivity index (χ0) is 13.8. The number of esters is 1. The Balaban J connectivity index is 2.10. The molecule has 4 heteroatoms. The number of rotatable bonds is 5. The second kappa shape index (κ2) is 6.53. The highest BCUT2D eigenvalue weighted by molar-refractivity contribution is 7.12. The van der Waals surface area contributed by atoms with Crippen LogP contribution in [0.15, 0.2) is 6.07 Å². The molecule has 0 saturated heterocycles. The number of carbonyl (C=O) groups is 1. The predicted octanol–water partition coefficient (Wildman–Crippen LogP) is 3.51. The maximum Gasteiger partial charge on any atom is 0.308 e. The van der Waals surface area contributed by atoms with E-state index in [1.165, 1.54) is 28.8 Å². The highest BCUT2D eigenvalue weighted by Crippen LogP contribution is 2.38. The lowest BCUT2D eigenvalue weighted by Gasteiger charge is -2.22. The van der Waals surface area contributed by atoms with Gasteiger partial charge in [-0.05, 0) is 44.2 Å². The summed E-state index contributed by atoms with van der Waals surface area (Å²) in [4.78, 5) is 14.2. The second-order valence-electron chi connectivity index (χ2n) is 5.06. The van der Waals surface area contributed by atoms with Gasteiger partial charge in [-0.3, -0.25) is 4.79 Å². The molecule has 0 aromatic carbocycles. The van der Waals surface area contributed by atoms with Crippen molar-refractivity contribution in [1.82, 2.24) is 0 Å². The van der Waals surface area contributed by atoms with Crippen molar-refractivity contribution in [2.45, 2.75) is 45.6 Å². The minimum absolute atomic E-state index is 0.0735. The van der Waals surface area contributed by atoms with Gasteiger partial charge in [0, 0.05) is 16.4 Å².